The fourth-order valence-electron chi connectivity index (χ4n) is 1.53. The van der Waals surface area contributed by atoms with Crippen molar-refractivity contribution in [1.29, 1.82) is 0 Å². The minimum atomic E-state index is -0.665. The lowest BCUT2D eigenvalue weighted by Crippen LogP contribution is -2.18. The van der Waals surface area contributed by atoms with Gasteiger partial charge in [0, 0.05) is 0 Å². The first-order valence-corrected chi connectivity index (χ1v) is 6.19. The molecule has 0 unspecified atom stereocenters. The summed E-state index contributed by atoms with van der Waals surface area (Å²) in [6, 6.07) is 7.56. The highest BCUT2D eigenvalue weighted by Gasteiger charge is 2.11. The molecule has 1 aromatic heterocycles. The number of hydrogen-bond acceptors (Lipinski definition) is 5. The monoisotopic (exact) mass is 307 g/mol. The molecule has 0 aliphatic carbocycles. The Morgan fingerprint density at radius 3 is 2.81 bits per heavy atom. The minimum absolute atomic E-state index is 0.150. The number of nitrogens with one attached hydrogen (secondary N) is 1. The molecule has 2 aromatic rings. The van der Waals surface area contributed by atoms with Crippen LogP contribution in [0.5, 0.6) is 0 Å². The number of nitro groups is 1. The van der Waals surface area contributed by atoms with Crippen molar-refractivity contribution >= 4 is 29.6 Å². The number of amides is 1. The highest BCUT2D eigenvalue weighted by atomic mass is 35.5. The Balaban J connectivity index is 2.03. The summed E-state index contributed by atoms with van der Waals surface area (Å²) in [5, 5.41) is 14.4. The number of halogens is 1. The van der Waals surface area contributed by atoms with Gasteiger partial charge in [0.05, 0.1) is 22.9 Å². The maximum atomic E-state index is 11.8. The number of aryl methyl sites for hydroxylation is 1. The Bertz CT molecular complexity index is 724. The minimum Gasteiger partial charge on any atom is -0.400 e. The Morgan fingerprint density at radius 2 is 2.19 bits per heavy atom. The van der Waals surface area contributed by atoms with Gasteiger partial charge in [-0.2, -0.15) is 5.10 Å². The van der Waals surface area contributed by atoms with Crippen LogP contribution in [0.1, 0.15) is 21.7 Å². The highest BCUT2D eigenvalue weighted by molar-refractivity contribution is 6.33. The van der Waals surface area contributed by atoms with E-state index in [0.717, 1.165) is 11.8 Å². The van der Waals surface area contributed by atoms with E-state index in [1.54, 1.807) is 18.2 Å². The Morgan fingerprint density at radius 1 is 1.43 bits per heavy atom. The van der Waals surface area contributed by atoms with Crippen LogP contribution >= 0.6 is 11.6 Å². The van der Waals surface area contributed by atoms with E-state index in [1.165, 1.54) is 12.1 Å². The fourth-order valence-corrected chi connectivity index (χ4v) is 1.85. The molecule has 2 rings (SSSR count). The van der Waals surface area contributed by atoms with Crippen molar-refractivity contribution in [2.45, 2.75) is 6.92 Å². The number of carbonyl (C=O) groups excluding carboxylic acids is 1. The molecule has 1 amide bonds. The van der Waals surface area contributed by atoms with Gasteiger partial charge in [-0.1, -0.05) is 17.7 Å². The number of benzene rings is 1. The topological polar surface area (TPSA) is 97.7 Å². The van der Waals surface area contributed by atoms with Gasteiger partial charge in [-0.25, -0.2) is 5.43 Å². The molecule has 21 heavy (non-hydrogen) atoms. The number of furan rings is 1. The molecule has 1 heterocycles. The lowest BCUT2D eigenvalue weighted by atomic mass is 10.1. The van der Waals surface area contributed by atoms with Crippen molar-refractivity contribution in [3.8, 4) is 0 Å². The first kappa shape index (κ1) is 14.7. The van der Waals surface area contributed by atoms with Gasteiger partial charge in [-0.3, -0.25) is 14.9 Å². The molecule has 0 aliphatic heterocycles. The summed E-state index contributed by atoms with van der Waals surface area (Å²) >= 11 is 5.95. The predicted octanol–water partition coefficient (Wildman–Crippen LogP) is 2.91. The van der Waals surface area contributed by atoms with Gasteiger partial charge in [0.1, 0.15) is 4.92 Å². The average Bonchev–Trinajstić information content (AvgIpc) is 2.87. The van der Waals surface area contributed by atoms with Gasteiger partial charge in [-0.05, 0) is 30.7 Å². The van der Waals surface area contributed by atoms with Crippen LogP contribution in [-0.4, -0.2) is 17.0 Å². The normalized spacial score (nSPS) is 10.8. The van der Waals surface area contributed by atoms with Gasteiger partial charge in [0.15, 0.2) is 5.76 Å². The zero-order chi connectivity index (χ0) is 15.4. The molecule has 7 nitrogen and oxygen atoms in total. The van der Waals surface area contributed by atoms with Crippen molar-refractivity contribution < 1.29 is 14.1 Å². The second-order valence-electron chi connectivity index (χ2n) is 4.12. The van der Waals surface area contributed by atoms with E-state index in [-0.39, 0.29) is 11.3 Å². The van der Waals surface area contributed by atoms with Gasteiger partial charge in [0.2, 0.25) is 0 Å². The van der Waals surface area contributed by atoms with Crippen LogP contribution in [0.4, 0.5) is 5.88 Å². The molecule has 0 fully saturated rings. The maximum absolute atomic E-state index is 11.8. The fraction of sp³-hybridized carbons (Fsp3) is 0.0769. The summed E-state index contributed by atoms with van der Waals surface area (Å²) in [6.07, 6.45) is 1.16. The number of nitrogens with zero attached hydrogens (tertiary/aromatic N) is 2. The number of carbonyl (C=O) groups is 1. The highest BCUT2D eigenvalue weighted by Crippen LogP contribution is 2.17. The SMILES string of the molecule is Cc1ccc(C(=O)N/N=C\c2ccc([N+](=O)[O-])o2)c(Cl)c1. The van der Waals surface area contributed by atoms with E-state index in [2.05, 4.69) is 10.5 Å². The molecule has 0 saturated carbocycles. The molecular formula is C13H10ClN3O4. The van der Waals surface area contributed by atoms with Crippen LogP contribution in [0.3, 0.4) is 0 Å². The lowest BCUT2D eigenvalue weighted by Gasteiger charge is -2.03. The van der Waals surface area contributed by atoms with Gasteiger partial charge in [-0.15, -0.1) is 0 Å². The molecule has 0 spiro atoms. The van der Waals surface area contributed by atoms with Gasteiger partial charge in [0.25, 0.3) is 5.91 Å². The Kier molecular flexibility index (Phi) is 4.34. The molecule has 1 N–H and O–H groups in total. The zero-order valence-electron chi connectivity index (χ0n) is 10.9. The van der Waals surface area contributed by atoms with Crippen molar-refractivity contribution in [3.63, 3.8) is 0 Å². The van der Waals surface area contributed by atoms with E-state index in [4.69, 9.17) is 16.0 Å². The first-order chi connectivity index (χ1) is 9.97. The molecule has 1 aromatic carbocycles. The summed E-state index contributed by atoms with van der Waals surface area (Å²) < 4.78 is 4.85. The quantitative estimate of drug-likeness (QED) is 0.533. The van der Waals surface area contributed by atoms with Crippen molar-refractivity contribution in [2.75, 3.05) is 0 Å². The second-order valence-corrected chi connectivity index (χ2v) is 4.52. The lowest BCUT2D eigenvalue weighted by molar-refractivity contribution is -0.402. The molecule has 0 atom stereocenters. The van der Waals surface area contributed by atoms with Gasteiger partial charge >= 0.3 is 5.88 Å². The molecule has 0 bridgehead atoms. The molecule has 8 heteroatoms. The maximum Gasteiger partial charge on any atom is 0.433 e. The largest absolute Gasteiger partial charge is 0.433 e. The first-order valence-electron chi connectivity index (χ1n) is 5.81. The third-order valence-electron chi connectivity index (χ3n) is 2.52. The van der Waals surface area contributed by atoms with Gasteiger partial charge < -0.3 is 4.42 Å². The third kappa shape index (κ3) is 3.67. The van der Waals surface area contributed by atoms with Crippen molar-refractivity contribution in [2.24, 2.45) is 5.10 Å². The molecule has 0 saturated heterocycles. The summed E-state index contributed by atoms with van der Waals surface area (Å²) in [5.41, 5.74) is 3.48. The van der Waals surface area contributed by atoms with Crippen molar-refractivity contribution in [1.82, 2.24) is 5.43 Å². The average molecular weight is 308 g/mol. The summed E-state index contributed by atoms with van der Waals surface area (Å²) in [7, 11) is 0. The van der Waals surface area contributed by atoms with E-state index in [9.17, 15) is 14.9 Å². The molecule has 0 aliphatic rings. The van der Waals surface area contributed by atoms with Crippen molar-refractivity contribution in [3.05, 3.63) is 62.4 Å². The summed E-state index contributed by atoms with van der Waals surface area (Å²) in [5.74, 6) is -0.737. The van der Waals surface area contributed by atoms with Crippen LogP contribution in [0.25, 0.3) is 0 Å². The Labute approximate surface area is 124 Å². The standard InChI is InChI=1S/C13H10ClN3O4/c1-8-2-4-10(11(14)6-8)13(18)16-15-7-9-3-5-12(21-9)17(19)20/h2-7H,1H3,(H,16,18)/b15-7-. The van der Waals surface area contributed by atoms with E-state index < -0.39 is 16.7 Å². The number of rotatable bonds is 4. The number of hydrazone groups is 1. The third-order valence-corrected chi connectivity index (χ3v) is 2.83. The van der Waals surface area contributed by atoms with Crippen LogP contribution in [0.15, 0.2) is 39.9 Å². The molecular weight excluding hydrogens is 298 g/mol. The van der Waals surface area contributed by atoms with E-state index in [1.807, 2.05) is 6.92 Å². The smallest absolute Gasteiger partial charge is 0.400 e. The van der Waals surface area contributed by atoms with Crippen LogP contribution < -0.4 is 5.43 Å². The molecule has 108 valence electrons. The van der Waals surface area contributed by atoms with Crippen LogP contribution in [0, 0.1) is 17.0 Å². The Hall–Kier alpha value is -2.67. The number of hydrogen-bond donors (Lipinski definition) is 1. The van der Waals surface area contributed by atoms with E-state index in [0.29, 0.717) is 5.02 Å². The van der Waals surface area contributed by atoms with Crippen LogP contribution in [-0.2, 0) is 0 Å². The predicted molar refractivity (Wildman–Crippen MR) is 76.6 cm³/mol. The second kappa shape index (κ2) is 6.19. The van der Waals surface area contributed by atoms with Crippen LogP contribution in [0.2, 0.25) is 5.02 Å². The zero-order valence-corrected chi connectivity index (χ0v) is 11.6. The summed E-state index contributed by atoms with van der Waals surface area (Å²) in [6.45, 7) is 1.86. The molecule has 0 radical (unpaired) electrons. The van der Waals surface area contributed by atoms with E-state index >= 15 is 0 Å². The summed E-state index contributed by atoms with van der Waals surface area (Å²) in [4.78, 5) is 21.6.